The van der Waals surface area contributed by atoms with Crippen molar-refractivity contribution in [3.8, 4) is 0 Å². The first-order chi connectivity index (χ1) is 9.52. The number of hydrogen-bond donors (Lipinski definition) is 0. The van der Waals surface area contributed by atoms with Crippen LogP contribution in [0.4, 0.5) is 0 Å². The average Bonchev–Trinajstić information content (AvgIpc) is 2.43. The molecule has 0 aliphatic carbocycles. The van der Waals surface area contributed by atoms with E-state index >= 15 is 0 Å². The van der Waals surface area contributed by atoms with E-state index in [0.29, 0.717) is 21.6 Å². The lowest BCUT2D eigenvalue weighted by atomic mass is 10.1. The lowest BCUT2D eigenvalue weighted by molar-refractivity contribution is 0.624. The van der Waals surface area contributed by atoms with Crippen molar-refractivity contribution in [3.05, 3.63) is 20.2 Å². The van der Waals surface area contributed by atoms with Gasteiger partial charge in [0, 0.05) is 16.8 Å². The second kappa shape index (κ2) is 7.88. The van der Waals surface area contributed by atoms with Gasteiger partial charge in [0.1, 0.15) is 11.0 Å². The molecule has 2 heterocycles. The summed E-state index contributed by atoms with van der Waals surface area (Å²) >= 11 is 12.6. The van der Waals surface area contributed by atoms with Crippen LogP contribution in [-0.2, 0) is 6.42 Å². The highest BCUT2D eigenvalue weighted by Gasteiger charge is 2.29. The fraction of sp³-hybridized carbons (Fsp3) is 0.714. The molecule has 6 heteroatoms. The van der Waals surface area contributed by atoms with E-state index in [2.05, 4.69) is 60.1 Å². The topological polar surface area (TPSA) is 25.8 Å². The van der Waals surface area contributed by atoms with Gasteiger partial charge in [-0.2, -0.15) is 11.8 Å². The lowest BCUT2D eigenvalue weighted by Crippen LogP contribution is -2.21. The molecular formula is C14H20ClIN2S2. The second-order valence-electron chi connectivity index (χ2n) is 5.34. The summed E-state index contributed by atoms with van der Waals surface area (Å²) < 4.78 is 1.02. The van der Waals surface area contributed by atoms with Gasteiger partial charge in [-0.05, 0) is 41.4 Å². The van der Waals surface area contributed by atoms with E-state index in [4.69, 9.17) is 16.6 Å². The van der Waals surface area contributed by atoms with Gasteiger partial charge in [0.15, 0.2) is 0 Å². The molecule has 0 amide bonds. The maximum absolute atomic E-state index is 6.34. The minimum Gasteiger partial charge on any atom is -0.235 e. The first kappa shape index (κ1) is 17.2. The van der Waals surface area contributed by atoms with Crippen LogP contribution in [0.25, 0.3) is 0 Å². The lowest BCUT2D eigenvalue weighted by Gasteiger charge is -2.29. The predicted octanol–water partition coefficient (Wildman–Crippen LogP) is 5.23. The van der Waals surface area contributed by atoms with Crippen molar-refractivity contribution in [2.24, 2.45) is 5.92 Å². The molecule has 1 aromatic heterocycles. The van der Waals surface area contributed by atoms with Gasteiger partial charge in [-0.3, -0.25) is 0 Å². The highest BCUT2D eigenvalue weighted by Crippen LogP contribution is 2.43. The number of halogens is 2. The van der Waals surface area contributed by atoms with Gasteiger partial charge in [-0.15, -0.1) is 11.8 Å². The fourth-order valence-corrected chi connectivity index (χ4v) is 5.92. The van der Waals surface area contributed by atoms with Crippen molar-refractivity contribution in [2.75, 3.05) is 11.5 Å². The van der Waals surface area contributed by atoms with Gasteiger partial charge in [-0.25, -0.2) is 9.97 Å². The van der Waals surface area contributed by atoms with Gasteiger partial charge in [-0.1, -0.05) is 32.4 Å². The molecule has 2 rings (SSSR count). The van der Waals surface area contributed by atoms with Crippen LogP contribution in [0.15, 0.2) is 0 Å². The molecule has 2 atom stereocenters. The maximum atomic E-state index is 6.34. The zero-order valence-corrected chi connectivity index (χ0v) is 16.6. The molecule has 1 fully saturated rings. The van der Waals surface area contributed by atoms with Gasteiger partial charge >= 0.3 is 0 Å². The van der Waals surface area contributed by atoms with E-state index in [-0.39, 0.29) is 0 Å². The minimum absolute atomic E-state index is 0.388. The highest BCUT2D eigenvalue weighted by molar-refractivity contribution is 14.1. The highest BCUT2D eigenvalue weighted by atomic mass is 127. The SMILES string of the molecule is CCC1SCCSC1c1nc(Cl)c(I)c(CC(C)C)n1. The smallest absolute Gasteiger partial charge is 0.146 e. The summed E-state index contributed by atoms with van der Waals surface area (Å²) in [6, 6.07) is 0. The number of hydrogen-bond acceptors (Lipinski definition) is 4. The number of thioether (sulfide) groups is 2. The third kappa shape index (κ3) is 4.17. The zero-order valence-electron chi connectivity index (χ0n) is 12.0. The Balaban J connectivity index is 2.33. The minimum atomic E-state index is 0.388. The fourth-order valence-electron chi connectivity index (χ4n) is 2.27. The molecule has 1 aromatic rings. The van der Waals surface area contributed by atoms with Crippen LogP contribution in [0.3, 0.4) is 0 Å². The van der Waals surface area contributed by atoms with Gasteiger partial charge in [0.05, 0.1) is 14.5 Å². The Morgan fingerprint density at radius 3 is 2.65 bits per heavy atom. The second-order valence-corrected chi connectivity index (χ2v) is 9.37. The van der Waals surface area contributed by atoms with Crippen LogP contribution in [0, 0.1) is 9.49 Å². The molecule has 0 saturated carbocycles. The molecule has 1 saturated heterocycles. The summed E-state index contributed by atoms with van der Waals surface area (Å²) in [5.74, 6) is 3.93. The molecule has 2 unspecified atom stereocenters. The third-order valence-corrected chi connectivity index (χ3v) is 8.17. The normalized spacial score (nSPS) is 23.3. The van der Waals surface area contributed by atoms with Crippen molar-refractivity contribution in [1.29, 1.82) is 0 Å². The summed E-state index contributed by atoms with van der Waals surface area (Å²) in [5.41, 5.74) is 1.11. The molecule has 0 bridgehead atoms. The molecule has 1 aliphatic rings. The van der Waals surface area contributed by atoms with Gasteiger partial charge < -0.3 is 0 Å². The van der Waals surface area contributed by atoms with Crippen LogP contribution in [-0.4, -0.2) is 26.7 Å². The maximum Gasteiger partial charge on any atom is 0.146 e. The van der Waals surface area contributed by atoms with Crippen LogP contribution < -0.4 is 0 Å². The molecule has 1 aliphatic heterocycles. The summed E-state index contributed by atoms with van der Waals surface area (Å²) in [6.45, 7) is 6.68. The van der Waals surface area contributed by atoms with Crippen LogP contribution >= 0.6 is 57.7 Å². The van der Waals surface area contributed by atoms with Gasteiger partial charge in [0.2, 0.25) is 0 Å². The number of nitrogens with zero attached hydrogens (tertiary/aromatic N) is 2. The van der Waals surface area contributed by atoms with E-state index in [9.17, 15) is 0 Å². The molecule has 0 N–H and O–H groups in total. The van der Waals surface area contributed by atoms with Gasteiger partial charge in [0.25, 0.3) is 0 Å². The van der Waals surface area contributed by atoms with Crippen LogP contribution in [0.5, 0.6) is 0 Å². The molecule has 0 aromatic carbocycles. The molecule has 112 valence electrons. The Morgan fingerprint density at radius 1 is 1.30 bits per heavy atom. The summed E-state index contributed by atoms with van der Waals surface area (Å²) in [7, 11) is 0. The Hall–Kier alpha value is 0.800. The summed E-state index contributed by atoms with van der Waals surface area (Å²) in [5, 5.41) is 1.62. The monoisotopic (exact) mass is 442 g/mol. The standard InChI is InChI=1S/C14H20ClIN2S2/c1-4-10-12(20-6-5-19-10)14-17-9(7-8(2)3)11(16)13(15)18-14/h8,10,12H,4-7H2,1-3H3. The Morgan fingerprint density at radius 2 is 2.00 bits per heavy atom. The van der Waals surface area contributed by atoms with Crippen molar-refractivity contribution in [1.82, 2.24) is 9.97 Å². The number of aromatic nitrogens is 2. The van der Waals surface area contributed by atoms with E-state index in [1.165, 1.54) is 11.5 Å². The molecule has 20 heavy (non-hydrogen) atoms. The Kier molecular flexibility index (Phi) is 6.76. The van der Waals surface area contributed by atoms with E-state index in [0.717, 1.165) is 27.9 Å². The van der Waals surface area contributed by atoms with Crippen molar-refractivity contribution < 1.29 is 0 Å². The predicted molar refractivity (Wildman–Crippen MR) is 100 cm³/mol. The zero-order chi connectivity index (χ0) is 14.7. The van der Waals surface area contributed by atoms with Crippen molar-refractivity contribution in [2.45, 2.75) is 44.1 Å². The van der Waals surface area contributed by atoms with E-state index in [1.54, 1.807) is 0 Å². The average molecular weight is 443 g/mol. The summed E-state index contributed by atoms with van der Waals surface area (Å²) in [4.78, 5) is 9.43. The first-order valence-corrected chi connectivity index (χ1v) is 10.5. The molecule has 0 spiro atoms. The van der Waals surface area contributed by atoms with E-state index < -0.39 is 0 Å². The molecular weight excluding hydrogens is 423 g/mol. The quantitative estimate of drug-likeness (QED) is 0.471. The van der Waals surface area contributed by atoms with Crippen LogP contribution in [0.1, 0.15) is 44.0 Å². The first-order valence-electron chi connectivity index (χ1n) is 6.98. The van der Waals surface area contributed by atoms with Crippen LogP contribution in [0.2, 0.25) is 5.15 Å². The molecule has 2 nitrogen and oxygen atoms in total. The van der Waals surface area contributed by atoms with Crippen molar-refractivity contribution in [3.63, 3.8) is 0 Å². The Labute approximate surface area is 148 Å². The number of rotatable bonds is 4. The van der Waals surface area contributed by atoms with Crippen molar-refractivity contribution >= 4 is 57.7 Å². The Bertz CT molecular complexity index is 471. The van der Waals surface area contributed by atoms with E-state index in [1.807, 2.05) is 11.8 Å². The summed E-state index contributed by atoms with van der Waals surface area (Å²) in [6.07, 6.45) is 2.13. The largest absolute Gasteiger partial charge is 0.235 e. The third-order valence-electron chi connectivity index (χ3n) is 3.21. The molecule has 0 radical (unpaired) electrons.